The lowest BCUT2D eigenvalue weighted by Gasteiger charge is -2.35. The summed E-state index contributed by atoms with van der Waals surface area (Å²) in [6.45, 7) is 2.05. The second-order valence-electron chi connectivity index (χ2n) is 7.05. The summed E-state index contributed by atoms with van der Waals surface area (Å²) in [6.07, 6.45) is 13.6. The SMILES string of the molecule is OCC1(CNCc2ccn(C3CCCC3)n2)CCCCC1. The average Bonchev–Trinajstić information content (AvgIpc) is 3.19. The van der Waals surface area contributed by atoms with Gasteiger partial charge >= 0.3 is 0 Å². The highest BCUT2D eigenvalue weighted by Gasteiger charge is 2.30. The van der Waals surface area contributed by atoms with E-state index in [1.54, 1.807) is 0 Å². The summed E-state index contributed by atoms with van der Waals surface area (Å²) in [5.74, 6) is 0. The summed E-state index contributed by atoms with van der Waals surface area (Å²) >= 11 is 0. The van der Waals surface area contributed by atoms with E-state index in [0.717, 1.165) is 31.6 Å². The van der Waals surface area contributed by atoms with E-state index in [9.17, 15) is 5.11 Å². The second kappa shape index (κ2) is 6.93. The molecule has 118 valence electrons. The number of hydrogen-bond donors (Lipinski definition) is 2. The summed E-state index contributed by atoms with van der Waals surface area (Å²) in [5.41, 5.74) is 1.25. The first-order chi connectivity index (χ1) is 10.3. The first-order valence-corrected chi connectivity index (χ1v) is 8.67. The van der Waals surface area contributed by atoms with Crippen LogP contribution in [0.15, 0.2) is 12.3 Å². The number of nitrogens with zero attached hydrogens (tertiary/aromatic N) is 2. The molecular formula is C17H29N3O. The largest absolute Gasteiger partial charge is 0.396 e. The molecule has 2 saturated carbocycles. The van der Waals surface area contributed by atoms with Crippen molar-refractivity contribution in [3.05, 3.63) is 18.0 Å². The van der Waals surface area contributed by atoms with Crippen molar-refractivity contribution in [2.45, 2.75) is 70.4 Å². The van der Waals surface area contributed by atoms with E-state index in [1.165, 1.54) is 44.9 Å². The van der Waals surface area contributed by atoms with Crippen LogP contribution in [0.3, 0.4) is 0 Å². The van der Waals surface area contributed by atoms with E-state index in [2.05, 4.69) is 22.3 Å². The average molecular weight is 291 g/mol. The quantitative estimate of drug-likeness (QED) is 0.847. The lowest BCUT2D eigenvalue weighted by molar-refractivity contribution is 0.0809. The zero-order chi connectivity index (χ0) is 14.5. The van der Waals surface area contributed by atoms with Gasteiger partial charge < -0.3 is 10.4 Å². The molecule has 2 N–H and O–H groups in total. The Balaban J connectivity index is 1.48. The van der Waals surface area contributed by atoms with Crippen molar-refractivity contribution >= 4 is 0 Å². The standard InChI is InChI=1S/C17H29N3O/c21-14-17(9-4-1-5-10-17)13-18-12-15-8-11-20(19-15)16-6-2-3-7-16/h8,11,16,18,21H,1-7,9-10,12-14H2. The Morgan fingerprint density at radius 3 is 2.67 bits per heavy atom. The maximum atomic E-state index is 9.73. The number of hydrogen-bond acceptors (Lipinski definition) is 3. The van der Waals surface area contributed by atoms with Gasteiger partial charge in [0.25, 0.3) is 0 Å². The van der Waals surface area contributed by atoms with E-state index in [-0.39, 0.29) is 5.41 Å². The summed E-state index contributed by atoms with van der Waals surface area (Å²) in [4.78, 5) is 0. The van der Waals surface area contributed by atoms with Crippen LogP contribution in [0.4, 0.5) is 0 Å². The van der Waals surface area contributed by atoms with Crippen molar-refractivity contribution in [2.24, 2.45) is 5.41 Å². The fraction of sp³-hybridized carbons (Fsp3) is 0.824. The molecule has 0 aromatic carbocycles. The molecule has 4 nitrogen and oxygen atoms in total. The van der Waals surface area contributed by atoms with Gasteiger partial charge in [0.15, 0.2) is 0 Å². The lowest BCUT2D eigenvalue weighted by Crippen LogP contribution is -2.38. The minimum absolute atomic E-state index is 0.117. The highest BCUT2D eigenvalue weighted by Crippen LogP contribution is 2.35. The Labute approximate surface area is 127 Å². The van der Waals surface area contributed by atoms with Crippen molar-refractivity contribution in [3.8, 4) is 0 Å². The van der Waals surface area contributed by atoms with Gasteiger partial charge in [-0.05, 0) is 31.7 Å². The molecular weight excluding hydrogens is 262 g/mol. The summed E-state index contributed by atoms with van der Waals surface area (Å²) in [7, 11) is 0. The van der Waals surface area contributed by atoms with Crippen molar-refractivity contribution in [1.29, 1.82) is 0 Å². The molecule has 1 heterocycles. The van der Waals surface area contributed by atoms with Crippen LogP contribution in [0.5, 0.6) is 0 Å². The smallest absolute Gasteiger partial charge is 0.0762 e. The van der Waals surface area contributed by atoms with Gasteiger partial charge in [-0.2, -0.15) is 5.10 Å². The van der Waals surface area contributed by atoms with E-state index >= 15 is 0 Å². The van der Waals surface area contributed by atoms with E-state index < -0.39 is 0 Å². The molecule has 2 aliphatic rings. The molecule has 0 spiro atoms. The zero-order valence-electron chi connectivity index (χ0n) is 13.1. The van der Waals surface area contributed by atoms with Crippen molar-refractivity contribution < 1.29 is 5.11 Å². The van der Waals surface area contributed by atoms with Crippen LogP contribution >= 0.6 is 0 Å². The topological polar surface area (TPSA) is 50.1 Å². The Hall–Kier alpha value is -0.870. The zero-order valence-corrected chi connectivity index (χ0v) is 13.1. The van der Waals surface area contributed by atoms with Crippen LogP contribution in [0.2, 0.25) is 0 Å². The molecule has 2 fully saturated rings. The Morgan fingerprint density at radius 1 is 1.19 bits per heavy atom. The fourth-order valence-electron chi connectivity index (χ4n) is 3.99. The highest BCUT2D eigenvalue weighted by atomic mass is 16.3. The number of aromatic nitrogens is 2. The molecule has 0 amide bonds. The minimum Gasteiger partial charge on any atom is -0.396 e. The third kappa shape index (κ3) is 3.67. The lowest BCUT2D eigenvalue weighted by atomic mass is 9.74. The van der Waals surface area contributed by atoms with Gasteiger partial charge in [0.1, 0.15) is 0 Å². The Bertz CT molecular complexity index is 431. The van der Waals surface area contributed by atoms with Crippen molar-refractivity contribution in [2.75, 3.05) is 13.2 Å². The van der Waals surface area contributed by atoms with Gasteiger partial charge in [0.05, 0.1) is 11.7 Å². The normalized spacial score (nSPS) is 22.7. The number of nitrogens with one attached hydrogen (secondary N) is 1. The highest BCUT2D eigenvalue weighted by molar-refractivity contribution is 5.00. The van der Waals surface area contributed by atoms with Gasteiger partial charge in [-0.1, -0.05) is 32.1 Å². The van der Waals surface area contributed by atoms with Crippen LogP contribution in [0.1, 0.15) is 69.5 Å². The molecule has 0 atom stereocenters. The molecule has 0 radical (unpaired) electrons. The number of rotatable bonds is 6. The van der Waals surface area contributed by atoms with Crippen LogP contribution < -0.4 is 5.32 Å². The summed E-state index contributed by atoms with van der Waals surface area (Å²) in [6, 6.07) is 2.76. The van der Waals surface area contributed by atoms with E-state index in [0.29, 0.717) is 12.6 Å². The molecule has 4 heteroatoms. The Morgan fingerprint density at radius 2 is 1.95 bits per heavy atom. The maximum absolute atomic E-state index is 9.73. The molecule has 1 aromatic rings. The van der Waals surface area contributed by atoms with Gasteiger partial charge in [-0.15, -0.1) is 0 Å². The maximum Gasteiger partial charge on any atom is 0.0762 e. The fourth-order valence-corrected chi connectivity index (χ4v) is 3.99. The molecule has 0 unspecified atom stereocenters. The van der Waals surface area contributed by atoms with Gasteiger partial charge in [-0.25, -0.2) is 0 Å². The number of aliphatic hydroxyl groups excluding tert-OH is 1. The molecule has 3 rings (SSSR count). The van der Waals surface area contributed by atoms with E-state index in [4.69, 9.17) is 5.10 Å². The third-order valence-electron chi connectivity index (χ3n) is 5.42. The van der Waals surface area contributed by atoms with Crippen LogP contribution in [0.25, 0.3) is 0 Å². The molecule has 2 aliphatic carbocycles. The van der Waals surface area contributed by atoms with Crippen LogP contribution in [-0.4, -0.2) is 28.0 Å². The summed E-state index contributed by atoms with van der Waals surface area (Å²) in [5, 5.41) is 18.0. The minimum atomic E-state index is 0.117. The first kappa shape index (κ1) is 15.0. The predicted octanol–water partition coefficient (Wildman–Crippen LogP) is 3.03. The third-order valence-corrected chi connectivity index (χ3v) is 5.42. The summed E-state index contributed by atoms with van der Waals surface area (Å²) < 4.78 is 2.16. The first-order valence-electron chi connectivity index (χ1n) is 8.67. The van der Waals surface area contributed by atoms with Gasteiger partial charge in [0.2, 0.25) is 0 Å². The molecule has 0 saturated heterocycles. The predicted molar refractivity (Wildman–Crippen MR) is 84.0 cm³/mol. The Kier molecular flexibility index (Phi) is 4.96. The monoisotopic (exact) mass is 291 g/mol. The van der Waals surface area contributed by atoms with Gasteiger partial charge in [0, 0.05) is 31.3 Å². The van der Waals surface area contributed by atoms with Crippen molar-refractivity contribution in [3.63, 3.8) is 0 Å². The molecule has 1 aromatic heterocycles. The van der Waals surface area contributed by atoms with Crippen LogP contribution in [-0.2, 0) is 6.54 Å². The molecule has 0 aliphatic heterocycles. The van der Waals surface area contributed by atoms with Gasteiger partial charge in [-0.3, -0.25) is 4.68 Å². The van der Waals surface area contributed by atoms with Crippen LogP contribution in [0, 0.1) is 5.41 Å². The molecule has 21 heavy (non-hydrogen) atoms. The second-order valence-corrected chi connectivity index (χ2v) is 7.05. The number of aliphatic hydroxyl groups is 1. The molecule has 0 bridgehead atoms. The van der Waals surface area contributed by atoms with Crippen molar-refractivity contribution in [1.82, 2.24) is 15.1 Å². The van der Waals surface area contributed by atoms with E-state index in [1.807, 2.05) is 0 Å².